The van der Waals surface area contributed by atoms with Crippen molar-refractivity contribution in [2.75, 3.05) is 19.6 Å². The van der Waals surface area contributed by atoms with E-state index in [4.69, 9.17) is 0 Å². The molecule has 1 fully saturated rings. The van der Waals surface area contributed by atoms with E-state index in [1.165, 1.54) is 12.1 Å². The molecule has 3 heteroatoms. The van der Waals surface area contributed by atoms with Crippen molar-refractivity contribution in [3.8, 4) is 0 Å². The molecule has 0 radical (unpaired) electrons. The standard InChI is InChI=1S/C16H21FN2/c1-4-13(2)19-10-9-18(11-14(19)3)12-15-5-7-16(17)8-6-15/h4-8,14H,1-2,9-12H2,3H3/t14-/m1/s1. The van der Waals surface area contributed by atoms with Crippen LogP contribution in [0.2, 0.25) is 0 Å². The Morgan fingerprint density at radius 1 is 1.37 bits per heavy atom. The van der Waals surface area contributed by atoms with Crippen molar-refractivity contribution in [3.05, 3.63) is 60.6 Å². The third-order valence-electron chi connectivity index (χ3n) is 3.64. The fourth-order valence-electron chi connectivity index (χ4n) is 2.57. The zero-order chi connectivity index (χ0) is 13.8. The molecule has 1 atom stereocenters. The number of nitrogens with zero attached hydrogens (tertiary/aromatic N) is 2. The summed E-state index contributed by atoms with van der Waals surface area (Å²) < 4.78 is 12.9. The molecule has 1 saturated heterocycles. The van der Waals surface area contributed by atoms with Crippen LogP contribution < -0.4 is 0 Å². The van der Waals surface area contributed by atoms with E-state index in [1.54, 1.807) is 0 Å². The van der Waals surface area contributed by atoms with Crippen molar-refractivity contribution in [1.82, 2.24) is 9.80 Å². The van der Waals surface area contributed by atoms with Gasteiger partial charge in [-0.2, -0.15) is 0 Å². The van der Waals surface area contributed by atoms with Gasteiger partial charge in [0.15, 0.2) is 0 Å². The first-order valence-electron chi connectivity index (χ1n) is 6.65. The molecule has 1 aromatic rings. The number of hydrogen-bond donors (Lipinski definition) is 0. The smallest absolute Gasteiger partial charge is 0.123 e. The van der Waals surface area contributed by atoms with Crippen LogP contribution in [0, 0.1) is 5.82 Å². The van der Waals surface area contributed by atoms with Gasteiger partial charge in [-0.15, -0.1) is 0 Å². The van der Waals surface area contributed by atoms with Gasteiger partial charge in [-0.05, 0) is 30.7 Å². The van der Waals surface area contributed by atoms with E-state index in [0.717, 1.165) is 37.4 Å². The first-order valence-corrected chi connectivity index (χ1v) is 6.65. The van der Waals surface area contributed by atoms with E-state index in [-0.39, 0.29) is 5.82 Å². The van der Waals surface area contributed by atoms with Gasteiger partial charge >= 0.3 is 0 Å². The second-order valence-electron chi connectivity index (χ2n) is 5.10. The Balaban J connectivity index is 1.93. The molecule has 1 aliphatic rings. The van der Waals surface area contributed by atoms with Crippen molar-refractivity contribution in [3.63, 3.8) is 0 Å². The average molecular weight is 260 g/mol. The minimum atomic E-state index is -0.177. The zero-order valence-corrected chi connectivity index (χ0v) is 11.5. The molecular formula is C16H21FN2. The second kappa shape index (κ2) is 6.02. The molecule has 0 amide bonds. The van der Waals surface area contributed by atoms with Gasteiger partial charge in [0.1, 0.15) is 5.82 Å². The highest BCUT2D eigenvalue weighted by Gasteiger charge is 2.23. The molecule has 0 bridgehead atoms. The number of halogens is 1. The van der Waals surface area contributed by atoms with Crippen LogP contribution in [0.15, 0.2) is 49.2 Å². The molecule has 0 aliphatic carbocycles. The summed E-state index contributed by atoms with van der Waals surface area (Å²) in [5.74, 6) is -0.177. The summed E-state index contributed by atoms with van der Waals surface area (Å²) in [5.41, 5.74) is 2.15. The predicted octanol–water partition coefficient (Wildman–Crippen LogP) is 3.03. The Morgan fingerprint density at radius 3 is 2.63 bits per heavy atom. The van der Waals surface area contributed by atoms with Crippen molar-refractivity contribution >= 4 is 0 Å². The first kappa shape index (κ1) is 13.8. The van der Waals surface area contributed by atoms with Gasteiger partial charge in [-0.1, -0.05) is 25.3 Å². The fraction of sp³-hybridized carbons (Fsp3) is 0.375. The van der Waals surface area contributed by atoms with Crippen LogP contribution in [0.5, 0.6) is 0 Å². The van der Waals surface area contributed by atoms with Gasteiger partial charge in [-0.25, -0.2) is 4.39 Å². The lowest BCUT2D eigenvalue weighted by Crippen LogP contribution is -2.50. The minimum absolute atomic E-state index is 0.177. The molecule has 19 heavy (non-hydrogen) atoms. The maximum Gasteiger partial charge on any atom is 0.123 e. The van der Waals surface area contributed by atoms with Crippen molar-refractivity contribution < 1.29 is 4.39 Å². The molecule has 0 spiro atoms. The summed E-state index contributed by atoms with van der Waals surface area (Å²) in [6.45, 7) is 13.8. The third kappa shape index (κ3) is 3.44. The number of hydrogen-bond acceptors (Lipinski definition) is 2. The monoisotopic (exact) mass is 260 g/mol. The largest absolute Gasteiger partial charge is 0.367 e. The molecule has 1 aromatic carbocycles. The SMILES string of the molecule is C=CC(=C)N1CCN(Cc2ccc(F)cc2)C[C@H]1C. The molecule has 0 unspecified atom stereocenters. The Labute approximate surface area is 114 Å². The Morgan fingerprint density at radius 2 is 2.05 bits per heavy atom. The van der Waals surface area contributed by atoms with Gasteiger partial charge < -0.3 is 4.90 Å². The molecule has 1 aliphatic heterocycles. The molecule has 0 N–H and O–H groups in total. The van der Waals surface area contributed by atoms with E-state index < -0.39 is 0 Å². The number of rotatable bonds is 4. The van der Waals surface area contributed by atoms with Gasteiger partial charge in [0.05, 0.1) is 0 Å². The van der Waals surface area contributed by atoms with Crippen LogP contribution in [0.1, 0.15) is 12.5 Å². The van der Waals surface area contributed by atoms with E-state index in [2.05, 4.69) is 29.9 Å². The highest BCUT2D eigenvalue weighted by Crippen LogP contribution is 2.17. The van der Waals surface area contributed by atoms with Gasteiger partial charge in [0.25, 0.3) is 0 Å². The Kier molecular flexibility index (Phi) is 4.38. The van der Waals surface area contributed by atoms with E-state index in [9.17, 15) is 4.39 Å². The van der Waals surface area contributed by atoms with Gasteiger partial charge in [-0.3, -0.25) is 4.90 Å². The molecule has 0 saturated carbocycles. The number of piperazine rings is 1. The highest BCUT2D eigenvalue weighted by atomic mass is 19.1. The highest BCUT2D eigenvalue weighted by molar-refractivity contribution is 5.16. The molecule has 2 nitrogen and oxygen atoms in total. The quantitative estimate of drug-likeness (QED) is 0.768. The maximum atomic E-state index is 12.9. The van der Waals surface area contributed by atoms with Crippen LogP contribution in [-0.2, 0) is 6.54 Å². The predicted molar refractivity (Wildman–Crippen MR) is 77.2 cm³/mol. The topological polar surface area (TPSA) is 6.48 Å². The summed E-state index contributed by atoms with van der Waals surface area (Å²) in [6, 6.07) is 7.19. The maximum absolute atomic E-state index is 12.9. The zero-order valence-electron chi connectivity index (χ0n) is 11.5. The van der Waals surface area contributed by atoms with E-state index >= 15 is 0 Å². The van der Waals surface area contributed by atoms with Crippen LogP contribution >= 0.6 is 0 Å². The number of benzene rings is 1. The molecule has 102 valence electrons. The first-order chi connectivity index (χ1) is 9.10. The van der Waals surface area contributed by atoms with E-state index in [0.29, 0.717) is 6.04 Å². The fourth-order valence-corrected chi connectivity index (χ4v) is 2.57. The normalized spacial score (nSPS) is 20.3. The average Bonchev–Trinajstić information content (AvgIpc) is 2.41. The van der Waals surface area contributed by atoms with Crippen molar-refractivity contribution in [2.24, 2.45) is 0 Å². The van der Waals surface area contributed by atoms with Crippen molar-refractivity contribution in [1.29, 1.82) is 0 Å². The van der Waals surface area contributed by atoms with Gasteiger partial charge in [0.2, 0.25) is 0 Å². The summed E-state index contributed by atoms with van der Waals surface area (Å²) >= 11 is 0. The molecular weight excluding hydrogens is 239 g/mol. The lowest BCUT2D eigenvalue weighted by Gasteiger charge is -2.41. The van der Waals surface area contributed by atoms with Crippen LogP contribution in [0.4, 0.5) is 4.39 Å². The number of allylic oxidation sites excluding steroid dienone is 1. The molecule has 2 rings (SSSR count). The second-order valence-corrected chi connectivity index (χ2v) is 5.10. The summed E-state index contributed by atoms with van der Waals surface area (Å²) in [4.78, 5) is 4.68. The Hall–Kier alpha value is -1.61. The van der Waals surface area contributed by atoms with Crippen LogP contribution in [0.25, 0.3) is 0 Å². The van der Waals surface area contributed by atoms with Crippen LogP contribution in [0.3, 0.4) is 0 Å². The molecule has 1 heterocycles. The third-order valence-corrected chi connectivity index (χ3v) is 3.64. The summed E-state index contributed by atoms with van der Waals surface area (Å²) in [7, 11) is 0. The van der Waals surface area contributed by atoms with Gasteiger partial charge in [0, 0.05) is 37.9 Å². The lowest BCUT2D eigenvalue weighted by molar-refractivity contribution is 0.109. The molecule has 0 aromatic heterocycles. The van der Waals surface area contributed by atoms with Crippen LogP contribution in [-0.4, -0.2) is 35.5 Å². The minimum Gasteiger partial charge on any atom is -0.367 e. The summed E-state index contributed by atoms with van der Waals surface area (Å²) in [5, 5.41) is 0. The Bertz CT molecular complexity index is 452. The lowest BCUT2D eigenvalue weighted by atomic mass is 10.1. The summed E-state index contributed by atoms with van der Waals surface area (Å²) in [6.07, 6.45) is 1.81. The van der Waals surface area contributed by atoms with E-state index in [1.807, 2.05) is 18.2 Å². The van der Waals surface area contributed by atoms with Crippen molar-refractivity contribution in [2.45, 2.75) is 19.5 Å².